The van der Waals surface area contributed by atoms with Crippen molar-refractivity contribution >= 4 is 11.8 Å². The zero-order chi connectivity index (χ0) is 19.7. The summed E-state index contributed by atoms with van der Waals surface area (Å²) in [6, 6.07) is 22.9. The molecule has 0 saturated carbocycles. The van der Waals surface area contributed by atoms with Gasteiger partial charge in [-0.1, -0.05) is 54.6 Å². The Hall–Kier alpha value is -3.47. The second-order valence-electron chi connectivity index (χ2n) is 8.28. The minimum atomic E-state index is 0.0672. The van der Waals surface area contributed by atoms with Crippen LogP contribution in [0.2, 0.25) is 0 Å². The van der Waals surface area contributed by atoms with Crippen LogP contribution in [0.3, 0.4) is 0 Å². The number of hydrogen-bond donors (Lipinski definition) is 0. The predicted octanol–water partition coefficient (Wildman–Crippen LogP) is 3.97. The molecule has 0 unspecified atom stereocenters. The fourth-order valence-electron chi connectivity index (χ4n) is 5.12. The van der Waals surface area contributed by atoms with E-state index in [0.717, 1.165) is 24.2 Å². The number of ether oxygens (including phenoxy) is 2. The number of pyridine rings is 1. The van der Waals surface area contributed by atoms with Crippen molar-refractivity contribution in [1.82, 2.24) is 4.98 Å². The van der Waals surface area contributed by atoms with Crippen LogP contribution in [0, 0.1) is 0 Å². The Kier molecular flexibility index (Phi) is 3.28. The first-order chi connectivity index (χ1) is 14.8. The summed E-state index contributed by atoms with van der Waals surface area (Å²) in [5.74, 6) is 1.23. The van der Waals surface area contributed by atoms with Crippen LogP contribution in [-0.4, -0.2) is 29.0 Å². The number of nitrogens with zero attached hydrogens (tertiary/aromatic N) is 3. The van der Waals surface area contributed by atoms with Gasteiger partial charge in [0.1, 0.15) is 35.7 Å². The fourth-order valence-corrected chi connectivity index (χ4v) is 5.12. The largest absolute Gasteiger partial charge is 0.470 e. The van der Waals surface area contributed by atoms with E-state index in [1.54, 1.807) is 0 Å². The second kappa shape index (κ2) is 6.02. The molecule has 4 aliphatic rings. The molecule has 5 heteroatoms. The number of aromatic nitrogens is 1. The minimum Gasteiger partial charge on any atom is -0.470 e. The number of fused-ring (bicyclic) bond motifs is 6. The molecular weight excluding hydrogens is 374 g/mol. The summed E-state index contributed by atoms with van der Waals surface area (Å²) in [5.41, 5.74) is 6.67. The van der Waals surface area contributed by atoms with E-state index >= 15 is 0 Å². The molecule has 5 nitrogen and oxygen atoms in total. The van der Waals surface area contributed by atoms with Gasteiger partial charge in [0.2, 0.25) is 11.8 Å². The van der Waals surface area contributed by atoms with Gasteiger partial charge in [-0.3, -0.25) is 0 Å². The maximum Gasteiger partial charge on any atom is 0.236 e. The molecule has 0 bridgehead atoms. The third-order valence-corrected chi connectivity index (χ3v) is 6.52. The highest BCUT2D eigenvalue weighted by Crippen LogP contribution is 2.42. The van der Waals surface area contributed by atoms with E-state index in [2.05, 4.69) is 48.5 Å². The van der Waals surface area contributed by atoms with E-state index in [-0.39, 0.29) is 24.3 Å². The summed E-state index contributed by atoms with van der Waals surface area (Å²) >= 11 is 0. The Morgan fingerprint density at radius 1 is 0.600 bits per heavy atom. The van der Waals surface area contributed by atoms with E-state index in [0.29, 0.717) is 11.8 Å². The summed E-state index contributed by atoms with van der Waals surface area (Å²) in [7, 11) is 0. The Bertz CT molecular complexity index is 1160. The predicted molar refractivity (Wildman–Crippen MR) is 113 cm³/mol. The number of rotatable bonds is 2. The van der Waals surface area contributed by atoms with E-state index in [4.69, 9.17) is 24.4 Å². The minimum absolute atomic E-state index is 0.0672. The molecule has 3 aromatic rings. The van der Waals surface area contributed by atoms with Crippen LogP contribution in [0.5, 0.6) is 0 Å². The first-order valence-corrected chi connectivity index (χ1v) is 10.5. The molecule has 7 rings (SSSR count). The van der Waals surface area contributed by atoms with Gasteiger partial charge < -0.3 is 9.47 Å². The van der Waals surface area contributed by atoms with E-state index in [1.165, 1.54) is 22.3 Å². The van der Waals surface area contributed by atoms with Gasteiger partial charge >= 0.3 is 0 Å². The molecule has 0 amide bonds. The highest BCUT2D eigenvalue weighted by atomic mass is 16.5. The molecule has 3 heterocycles. The van der Waals surface area contributed by atoms with Crippen LogP contribution < -0.4 is 0 Å². The molecule has 0 fully saturated rings. The van der Waals surface area contributed by atoms with Crippen LogP contribution in [0.4, 0.5) is 0 Å². The van der Waals surface area contributed by atoms with Gasteiger partial charge in [-0.2, -0.15) is 0 Å². The molecule has 0 radical (unpaired) electrons. The molecule has 1 aromatic heterocycles. The third kappa shape index (κ3) is 2.32. The lowest BCUT2D eigenvalue weighted by Gasteiger charge is -2.10. The van der Waals surface area contributed by atoms with Gasteiger partial charge in [0.15, 0.2) is 0 Å². The van der Waals surface area contributed by atoms with Crippen molar-refractivity contribution in [2.24, 2.45) is 9.98 Å². The van der Waals surface area contributed by atoms with Crippen molar-refractivity contribution in [3.8, 4) is 0 Å². The molecule has 0 spiro atoms. The molecule has 30 heavy (non-hydrogen) atoms. The number of aliphatic imine (C=N–C) groups is 2. The average Bonchev–Trinajstić information content (AvgIpc) is 3.52. The van der Waals surface area contributed by atoms with Gasteiger partial charge in [-0.15, -0.1) is 0 Å². The molecule has 2 aliphatic heterocycles. The summed E-state index contributed by atoms with van der Waals surface area (Å²) in [6.07, 6.45) is 1.93. The smallest absolute Gasteiger partial charge is 0.236 e. The highest BCUT2D eigenvalue weighted by Gasteiger charge is 2.41. The maximum atomic E-state index is 6.20. The first-order valence-electron chi connectivity index (χ1n) is 10.5. The van der Waals surface area contributed by atoms with Gasteiger partial charge in [0.25, 0.3) is 0 Å². The standard InChI is InChI=1S/C25H19N3O2/c1-3-8-16-14(6-1)12-20-22(16)27-24(29-20)18-10-5-11-19(26-18)25-28-23-17-9-4-2-7-15(17)13-21(23)30-25/h1-11,20-23H,12-13H2/t20-,21-,22-,23-/m0/s1. The quantitative estimate of drug-likeness (QED) is 0.662. The summed E-state index contributed by atoms with van der Waals surface area (Å²) in [4.78, 5) is 14.5. The molecule has 2 aromatic carbocycles. The fraction of sp³-hybridized carbons (Fsp3) is 0.240. The molecule has 0 N–H and O–H groups in total. The molecule has 4 atom stereocenters. The van der Waals surface area contributed by atoms with Gasteiger partial charge in [0.05, 0.1) is 0 Å². The third-order valence-electron chi connectivity index (χ3n) is 6.52. The van der Waals surface area contributed by atoms with Crippen molar-refractivity contribution in [1.29, 1.82) is 0 Å². The zero-order valence-corrected chi connectivity index (χ0v) is 16.2. The zero-order valence-electron chi connectivity index (χ0n) is 16.2. The maximum absolute atomic E-state index is 6.20. The Balaban J connectivity index is 1.20. The van der Waals surface area contributed by atoms with Crippen molar-refractivity contribution in [3.63, 3.8) is 0 Å². The normalized spacial score (nSPS) is 27.3. The lowest BCUT2D eigenvalue weighted by atomic mass is 10.1. The summed E-state index contributed by atoms with van der Waals surface area (Å²) < 4.78 is 12.4. The molecule has 0 saturated heterocycles. The SMILES string of the molecule is c1cc(C2=N[C@H]3c4ccccc4C[C@@H]3O2)nc(C2=N[C@H]3c4ccccc4C[C@@H]3O2)c1. The summed E-state index contributed by atoms with van der Waals surface area (Å²) in [5, 5.41) is 0. The average molecular weight is 393 g/mol. The van der Waals surface area contributed by atoms with Crippen LogP contribution in [0.15, 0.2) is 76.7 Å². The van der Waals surface area contributed by atoms with Gasteiger partial charge in [-0.25, -0.2) is 15.0 Å². The first kappa shape index (κ1) is 16.3. The van der Waals surface area contributed by atoms with E-state index in [1.807, 2.05) is 18.2 Å². The van der Waals surface area contributed by atoms with Crippen molar-refractivity contribution in [2.75, 3.05) is 0 Å². The Morgan fingerprint density at radius 2 is 1.10 bits per heavy atom. The Labute approximate surface area is 174 Å². The molecular formula is C25H19N3O2. The van der Waals surface area contributed by atoms with Crippen LogP contribution >= 0.6 is 0 Å². The lowest BCUT2D eigenvalue weighted by Crippen LogP contribution is -2.17. The number of hydrogen-bond acceptors (Lipinski definition) is 5. The second-order valence-corrected chi connectivity index (χ2v) is 8.28. The number of benzene rings is 2. The molecule has 2 aliphatic carbocycles. The van der Waals surface area contributed by atoms with Crippen molar-refractivity contribution in [3.05, 3.63) is 100 Å². The Morgan fingerprint density at radius 3 is 1.63 bits per heavy atom. The highest BCUT2D eigenvalue weighted by molar-refractivity contribution is 5.97. The monoisotopic (exact) mass is 393 g/mol. The van der Waals surface area contributed by atoms with E-state index in [9.17, 15) is 0 Å². The van der Waals surface area contributed by atoms with Crippen LogP contribution in [-0.2, 0) is 22.3 Å². The van der Waals surface area contributed by atoms with Crippen LogP contribution in [0.1, 0.15) is 45.7 Å². The van der Waals surface area contributed by atoms with Gasteiger partial charge in [-0.05, 0) is 34.4 Å². The lowest BCUT2D eigenvalue weighted by molar-refractivity contribution is 0.205. The van der Waals surface area contributed by atoms with Gasteiger partial charge in [0, 0.05) is 12.8 Å². The molecule has 146 valence electrons. The van der Waals surface area contributed by atoms with E-state index < -0.39 is 0 Å². The van der Waals surface area contributed by atoms with Crippen LogP contribution in [0.25, 0.3) is 0 Å². The topological polar surface area (TPSA) is 56.1 Å². The van der Waals surface area contributed by atoms with Crippen molar-refractivity contribution in [2.45, 2.75) is 37.1 Å². The summed E-state index contributed by atoms with van der Waals surface area (Å²) in [6.45, 7) is 0. The van der Waals surface area contributed by atoms with Crippen molar-refractivity contribution < 1.29 is 9.47 Å².